The van der Waals surface area contributed by atoms with Crippen molar-refractivity contribution < 1.29 is 9.47 Å². The van der Waals surface area contributed by atoms with Crippen LogP contribution in [0.3, 0.4) is 0 Å². The van der Waals surface area contributed by atoms with E-state index in [1.807, 2.05) is 0 Å². The normalized spacial score (nSPS) is 35.2. The molecule has 0 aromatic heterocycles. The van der Waals surface area contributed by atoms with E-state index in [1.165, 1.54) is 12.8 Å². The Kier molecular flexibility index (Phi) is 1.90. The van der Waals surface area contributed by atoms with Crippen LogP contribution in [0.4, 0.5) is 0 Å². The van der Waals surface area contributed by atoms with Gasteiger partial charge in [0.1, 0.15) is 0 Å². The summed E-state index contributed by atoms with van der Waals surface area (Å²) in [6.45, 7) is 3.85. The quantitative estimate of drug-likeness (QED) is 0.577. The van der Waals surface area contributed by atoms with Crippen LogP contribution in [0.5, 0.6) is 0 Å². The largest absolute Gasteiger partial charge is 0.348 e. The van der Waals surface area contributed by atoms with Gasteiger partial charge in [-0.15, -0.1) is 0 Å². The lowest BCUT2D eigenvalue weighted by molar-refractivity contribution is -0.152. The molecule has 0 unspecified atom stereocenters. The molecule has 1 atom stereocenters. The lowest BCUT2D eigenvalue weighted by atomic mass is 10.1. The van der Waals surface area contributed by atoms with Gasteiger partial charge in [-0.3, -0.25) is 0 Å². The smallest absolute Gasteiger partial charge is 0.168 e. The van der Waals surface area contributed by atoms with Crippen LogP contribution in [0.15, 0.2) is 0 Å². The van der Waals surface area contributed by atoms with E-state index >= 15 is 0 Å². The highest BCUT2D eigenvalue weighted by molar-refractivity contribution is 4.85. The van der Waals surface area contributed by atoms with Crippen molar-refractivity contribution in [1.29, 1.82) is 0 Å². The Bertz CT molecular complexity index is 138. The summed E-state index contributed by atoms with van der Waals surface area (Å²) in [5, 5.41) is 0. The molecule has 2 rings (SSSR count). The van der Waals surface area contributed by atoms with Crippen LogP contribution in [0.25, 0.3) is 0 Å². The average molecular weight is 156 g/mol. The van der Waals surface area contributed by atoms with Gasteiger partial charge in [-0.1, -0.05) is 13.3 Å². The third kappa shape index (κ3) is 1.30. The minimum absolute atomic E-state index is 0.138. The maximum absolute atomic E-state index is 5.61. The van der Waals surface area contributed by atoms with Crippen molar-refractivity contribution in [3.63, 3.8) is 0 Å². The first-order valence-corrected chi connectivity index (χ1v) is 4.62. The molecule has 1 saturated carbocycles. The van der Waals surface area contributed by atoms with Crippen LogP contribution in [0, 0.1) is 5.92 Å². The van der Waals surface area contributed by atoms with Gasteiger partial charge in [-0.2, -0.15) is 0 Å². The summed E-state index contributed by atoms with van der Waals surface area (Å²) < 4.78 is 11.2. The number of ether oxygens (including phenoxy) is 2. The molecule has 1 spiro atoms. The molecule has 0 amide bonds. The predicted octanol–water partition coefficient (Wildman–Crippen LogP) is 1.94. The summed E-state index contributed by atoms with van der Waals surface area (Å²) in [4.78, 5) is 0. The highest BCUT2D eigenvalue weighted by atomic mass is 16.7. The van der Waals surface area contributed by atoms with Gasteiger partial charge in [0.25, 0.3) is 0 Å². The minimum atomic E-state index is -0.138. The van der Waals surface area contributed by atoms with Crippen LogP contribution in [-0.2, 0) is 9.47 Å². The Balaban J connectivity index is 1.96. The fourth-order valence-corrected chi connectivity index (χ4v) is 2.18. The Hall–Kier alpha value is -0.0800. The first-order chi connectivity index (χ1) is 5.35. The summed E-state index contributed by atoms with van der Waals surface area (Å²) in [6, 6.07) is 0. The lowest BCUT2D eigenvalue weighted by Crippen LogP contribution is -2.25. The molecule has 0 aromatic rings. The molecule has 2 nitrogen and oxygen atoms in total. The SMILES string of the molecule is CC[C@@H]1CCC2(C1)OCCO2. The van der Waals surface area contributed by atoms with Gasteiger partial charge in [-0.25, -0.2) is 0 Å². The number of hydrogen-bond donors (Lipinski definition) is 0. The fourth-order valence-electron chi connectivity index (χ4n) is 2.18. The van der Waals surface area contributed by atoms with E-state index in [-0.39, 0.29) is 5.79 Å². The zero-order chi connectivity index (χ0) is 7.73. The number of hydrogen-bond acceptors (Lipinski definition) is 2. The Morgan fingerprint density at radius 1 is 1.36 bits per heavy atom. The molecule has 2 fully saturated rings. The summed E-state index contributed by atoms with van der Waals surface area (Å²) in [5.74, 6) is 0.703. The van der Waals surface area contributed by atoms with Gasteiger partial charge in [0.2, 0.25) is 0 Å². The van der Waals surface area contributed by atoms with E-state index in [0.717, 1.165) is 32.0 Å². The van der Waals surface area contributed by atoms with Crippen molar-refractivity contribution in [3.8, 4) is 0 Å². The van der Waals surface area contributed by atoms with Crippen molar-refractivity contribution in [2.24, 2.45) is 5.92 Å². The van der Waals surface area contributed by atoms with E-state index in [2.05, 4.69) is 6.92 Å². The van der Waals surface area contributed by atoms with Crippen molar-refractivity contribution in [1.82, 2.24) is 0 Å². The summed E-state index contributed by atoms with van der Waals surface area (Å²) in [6.07, 6.45) is 4.81. The van der Waals surface area contributed by atoms with E-state index in [0.29, 0.717) is 0 Å². The third-order valence-electron chi connectivity index (χ3n) is 2.92. The Morgan fingerprint density at radius 2 is 2.09 bits per heavy atom. The molecule has 1 heterocycles. The summed E-state index contributed by atoms with van der Waals surface area (Å²) >= 11 is 0. The molecule has 64 valence electrons. The molecule has 0 bridgehead atoms. The molecule has 0 radical (unpaired) electrons. The molecule has 0 aromatic carbocycles. The Labute approximate surface area is 67.9 Å². The van der Waals surface area contributed by atoms with Crippen molar-refractivity contribution in [3.05, 3.63) is 0 Å². The summed E-state index contributed by atoms with van der Waals surface area (Å²) in [7, 11) is 0. The molecular formula is C9H16O2. The second-order valence-electron chi connectivity index (χ2n) is 3.62. The van der Waals surface area contributed by atoms with Crippen LogP contribution >= 0.6 is 0 Å². The van der Waals surface area contributed by atoms with Crippen molar-refractivity contribution in [2.75, 3.05) is 13.2 Å². The van der Waals surface area contributed by atoms with E-state index < -0.39 is 0 Å². The van der Waals surface area contributed by atoms with Crippen LogP contribution < -0.4 is 0 Å². The molecule has 0 N–H and O–H groups in total. The Morgan fingerprint density at radius 3 is 2.64 bits per heavy atom. The molecule has 2 aliphatic rings. The van der Waals surface area contributed by atoms with E-state index in [4.69, 9.17) is 9.47 Å². The first-order valence-electron chi connectivity index (χ1n) is 4.62. The predicted molar refractivity (Wildman–Crippen MR) is 42.3 cm³/mol. The maximum atomic E-state index is 5.61. The summed E-state index contributed by atoms with van der Waals surface area (Å²) in [5.41, 5.74) is 0. The molecule has 2 heteroatoms. The van der Waals surface area contributed by atoms with Crippen molar-refractivity contribution >= 4 is 0 Å². The van der Waals surface area contributed by atoms with Gasteiger partial charge >= 0.3 is 0 Å². The zero-order valence-electron chi connectivity index (χ0n) is 7.14. The standard InChI is InChI=1S/C9H16O2/c1-2-8-3-4-9(7-8)10-5-6-11-9/h8H,2-7H2,1H3/t8-/m1/s1. The van der Waals surface area contributed by atoms with Crippen LogP contribution in [0.1, 0.15) is 32.6 Å². The zero-order valence-corrected chi connectivity index (χ0v) is 7.14. The molecule has 11 heavy (non-hydrogen) atoms. The van der Waals surface area contributed by atoms with Gasteiger partial charge in [-0.05, 0) is 12.3 Å². The van der Waals surface area contributed by atoms with Crippen LogP contribution in [0.2, 0.25) is 0 Å². The first kappa shape index (κ1) is 7.56. The fraction of sp³-hybridized carbons (Fsp3) is 1.00. The molecular weight excluding hydrogens is 140 g/mol. The average Bonchev–Trinajstić information content (AvgIpc) is 2.62. The van der Waals surface area contributed by atoms with Gasteiger partial charge in [0, 0.05) is 12.8 Å². The van der Waals surface area contributed by atoms with E-state index in [9.17, 15) is 0 Å². The third-order valence-corrected chi connectivity index (χ3v) is 2.92. The topological polar surface area (TPSA) is 18.5 Å². The van der Waals surface area contributed by atoms with Crippen molar-refractivity contribution in [2.45, 2.75) is 38.4 Å². The molecule has 1 aliphatic heterocycles. The van der Waals surface area contributed by atoms with Gasteiger partial charge < -0.3 is 9.47 Å². The highest BCUT2D eigenvalue weighted by Gasteiger charge is 2.43. The molecule has 1 saturated heterocycles. The monoisotopic (exact) mass is 156 g/mol. The van der Waals surface area contributed by atoms with Gasteiger partial charge in [0.05, 0.1) is 13.2 Å². The van der Waals surface area contributed by atoms with E-state index in [1.54, 1.807) is 0 Å². The second kappa shape index (κ2) is 2.76. The lowest BCUT2D eigenvalue weighted by Gasteiger charge is -2.21. The highest BCUT2D eigenvalue weighted by Crippen LogP contribution is 2.41. The van der Waals surface area contributed by atoms with Crippen LogP contribution in [-0.4, -0.2) is 19.0 Å². The number of rotatable bonds is 1. The maximum Gasteiger partial charge on any atom is 0.168 e. The van der Waals surface area contributed by atoms with Gasteiger partial charge in [0.15, 0.2) is 5.79 Å². The molecule has 1 aliphatic carbocycles. The second-order valence-corrected chi connectivity index (χ2v) is 3.62. The minimum Gasteiger partial charge on any atom is -0.348 e.